The summed E-state index contributed by atoms with van der Waals surface area (Å²) < 4.78 is 0. The van der Waals surface area contributed by atoms with E-state index in [1.165, 1.54) is 50.8 Å². The molecule has 94 valence electrons. The van der Waals surface area contributed by atoms with Crippen LogP contribution in [0.15, 0.2) is 18.3 Å². The van der Waals surface area contributed by atoms with Crippen molar-refractivity contribution in [2.45, 2.75) is 45.1 Å². The predicted octanol–water partition coefficient (Wildman–Crippen LogP) is 2.99. The van der Waals surface area contributed by atoms with Gasteiger partial charge in [0, 0.05) is 17.8 Å². The minimum Gasteiger partial charge on any atom is -0.383 e. The number of likely N-dealkylation sites (tertiary alicyclic amines) is 1. The molecule has 1 aromatic heterocycles. The molecule has 0 spiro atoms. The number of unbranched alkanes of at least 4 members (excludes halogenated alkanes) is 1. The van der Waals surface area contributed by atoms with Gasteiger partial charge >= 0.3 is 0 Å². The van der Waals surface area contributed by atoms with Gasteiger partial charge in [0.05, 0.1) is 0 Å². The Balaban J connectivity index is 2.13. The lowest BCUT2D eigenvalue weighted by molar-refractivity contribution is 0.147. The van der Waals surface area contributed by atoms with Crippen LogP contribution in [0.25, 0.3) is 0 Å². The average Bonchev–Trinajstić information content (AvgIpc) is 2.37. The molecule has 0 bridgehead atoms. The van der Waals surface area contributed by atoms with Crippen molar-refractivity contribution < 1.29 is 0 Å². The summed E-state index contributed by atoms with van der Waals surface area (Å²) in [5.41, 5.74) is 7.23. The molecule has 2 rings (SSSR count). The molecule has 17 heavy (non-hydrogen) atoms. The first-order valence-electron chi connectivity index (χ1n) is 6.77. The van der Waals surface area contributed by atoms with Crippen LogP contribution in [0, 0.1) is 0 Å². The van der Waals surface area contributed by atoms with E-state index in [2.05, 4.69) is 22.9 Å². The van der Waals surface area contributed by atoms with E-state index < -0.39 is 0 Å². The Morgan fingerprint density at radius 3 is 3.12 bits per heavy atom. The van der Waals surface area contributed by atoms with Gasteiger partial charge in [0.25, 0.3) is 0 Å². The Bertz CT molecular complexity index is 351. The SMILES string of the molecule is CCCCN1CCCCC1c1cccnc1N. The lowest BCUT2D eigenvalue weighted by atomic mass is 9.95. The monoisotopic (exact) mass is 233 g/mol. The zero-order chi connectivity index (χ0) is 12.1. The summed E-state index contributed by atoms with van der Waals surface area (Å²) in [6.45, 7) is 4.64. The highest BCUT2D eigenvalue weighted by molar-refractivity contribution is 5.41. The van der Waals surface area contributed by atoms with E-state index in [-0.39, 0.29) is 0 Å². The second-order valence-corrected chi connectivity index (χ2v) is 4.88. The molecule has 1 fully saturated rings. The number of nitrogens with two attached hydrogens (primary N) is 1. The standard InChI is InChI=1S/C14H23N3/c1-2-3-10-17-11-5-4-8-13(17)12-7-6-9-16-14(12)15/h6-7,9,13H,2-5,8,10-11H2,1H3,(H2,15,16). The van der Waals surface area contributed by atoms with Gasteiger partial charge in [-0.05, 0) is 38.4 Å². The van der Waals surface area contributed by atoms with Gasteiger partial charge in [-0.2, -0.15) is 0 Å². The Labute approximate surface area is 104 Å². The largest absolute Gasteiger partial charge is 0.383 e. The Kier molecular flexibility index (Phi) is 4.37. The van der Waals surface area contributed by atoms with Crippen LogP contribution in [0.3, 0.4) is 0 Å². The van der Waals surface area contributed by atoms with Crippen LogP contribution < -0.4 is 5.73 Å². The summed E-state index contributed by atoms with van der Waals surface area (Å²) in [6.07, 6.45) is 8.15. The van der Waals surface area contributed by atoms with Crippen molar-refractivity contribution in [3.63, 3.8) is 0 Å². The molecule has 0 amide bonds. The van der Waals surface area contributed by atoms with Crippen LogP contribution in [0.1, 0.15) is 50.6 Å². The number of nitrogens with zero attached hydrogens (tertiary/aromatic N) is 2. The lowest BCUT2D eigenvalue weighted by Crippen LogP contribution is -2.34. The summed E-state index contributed by atoms with van der Waals surface area (Å²) >= 11 is 0. The van der Waals surface area contributed by atoms with Crippen LogP contribution in [0.2, 0.25) is 0 Å². The normalized spacial score (nSPS) is 21.6. The molecule has 0 aromatic carbocycles. The Morgan fingerprint density at radius 2 is 2.35 bits per heavy atom. The zero-order valence-corrected chi connectivity index (χ0v) is 10.7. The fourth-order valence-corrected chi connectivity index (χ4v) is 2.68. The summed E-state index contributed by atoms with van der Waals surface area (Å²) in [5, 5.41) is 0. The molecule has 1 aromatic rings. The second kappa shape index (κ2) is 6.01. The summed E-state index contributed by atoms with van der Waals surface area (Å²) in [7, 11) is 0. The fraction of sp³-hybridized carbons (Fsp3) is 0.643. The molecule has 0 saturated carbocycles. The molecule has 0 aliphatic carbocycles. The van der Waals surface area contributed by atoms with Crippen molar-refractivity contribution in [3.05, 3.63) is 23.9 Å². The van der Waals surface area contributed by atoms with E-state index in [0.717, 1.165) is 0 Å². The first-order valence-corrected chi connectivity index (χ1v) is 6.77. The summed E-state index contributed by atoms with van der Waals surface area (Å²) in [6, 6.07) is 4.62. The predicted molar refractivity (Wildman–Crippen MR) is 71.7 cm³/mol. The molecule has 1 aliphatic heterocycles. The van der Waals surface area contributed by atoms with E-state index in [1.807, 2.05) is 6.07 Å². The van der Waals surface area contributed by atoms with Gasteiger partial charge in [-0.15, -0.1) is 0 Å². The number of rotatable bonds is 4. The van der Waals surface area contributed by atoms with E-state index in [9.17, 15) is 0 Å². The van der Waals surface area contributed by atoms with E-state index in [1.54, 1.807) is 6.20 Å². The molecule has 1 unspecified atom stereocenters. The third-order valence-electron chi connectivity index (χ3n) is 3.64. The first-order chi connectivity index (χ1) is 8.33. The highest BCUT2D eigenvalue weighted by atomic mass is 15.2. The number of piperidine rings is 1. The van der Waals surface area contributed by atoms with Gasteiger partial charge < -0.3 is 5.73 Å². The third-order valence-corrected chi connectivity index (χ3v) is 3.64. The smallest absolute Gasteiger partial charge is 0.128 e. The van der Waals surface area contributed by atoms with Crippen molar-refractivity contribution in [2.24, 2.45) is 0 Å². The van der Waals surface area contributed by atoms with Gasteiger partial charge in [-0.3, -0.25) is 4.90 Å². The maximum Gasteiger partial charge on any atom is 0.128 e. The molecule has 1 atom stereocenters. The number of hydrogen-bond acceptors (Lipinski definition) is 3. The van der Waals surface area contributed by atoms with Gasteiger partial charge in [0.2, 0.25) is 0 Å². The molecular formula is C14H23N3. The Morgan fingerprint density at radius 1 is 1.47 bits per heavy atom. The van der Waals surface area contributed by atoms with Crippen molar-refractivity contribution >= 4 is 5.82 Å². The van der Waals surface area contributed by atoms with Crippen LogP contribution in [-0.2, 0) is 0 Å². The zero-order valence-electron chi connectivity index (χ0n) is 10.7. The molecule has 0 radical (unpaired) electrons. The molecule has 2 heterocycles. The number of anilines is 1. The van der Waals surface area contributed by atoms with Crippen molar-refractivity contribution in [2.75, 3.05) is 18.8 Å². The highest BCUT2D eigenvalue weighted by Gasteiger charge is 2.24. The van der Waals surface area contributed by atoms with Crippen LogP contribution in [0.4, 0.5) is 5.82 Å². The van der Waals surface area contributed by atoms with Gasteiger partial charge in [0.15, 0.2) is 0 Å². The second-order valence-electron chi connectivity index (χ2n) is 4.88. The third kappa shape index (κ3) is 2.97. The molecule has 2 N–H and O–H groups in total. The molecular weight excluding hydrogens is 210 g/mol. The number of pyridine rings is 1. The Hall–Kier alpha value is -1.09. The van der Waals surface area contributed by atoms with E-state index in [0.29, 0.717) is 11.9 Å². The minimum atomic E-state index is 0.490. The topological polar surface area (TPSA) is 42.2 Å². The van der Waals surface area contributed by atoms with Gasteiger partial charge in [-0.25, -0.2) is 4.98 Å². The first kappa shape index (κ1) is 12.4. The highest BCUT2D eigenvalue weighted by Crippen LogP contribution is 2.33. The molecule has 3 nitrogen and oxygen atoms in total. The van der Waals surface area contributed by atoms with Crippen LogP contribution >= 0.6 is 0 Å². The molecule has 3 heteroatoms. The maximum absolute atomic E-state index is 6.00. The average molecular weight is 233 g/mol. The van der Waals surface area contributed by atoms with Crippen LogP contribution in [-0.4, -0.2) is 23.0 Å². The number of nitrogen functional groups attached to an aromatic ring is 1. The summed E-state index contributed by atoms with van der Waals surface area (Å²) in [5.74, 6) is 0.709. The molecule has 1 aliphatic rings. The van der Waals surface area contributed by atoms with Gasteiger partial charge in [0.1, 0.15) is 5.82 Å². The van der Waals surface area contributed by atoms with Crippen molar-refractivity contribution in [1.82, 2.24) is 9.88 Å². The van der Waals surface area contributed by atoms with Crippen LogP contribution in [0.5, 0.6) is 0 Å². The summed E-state index contributed by atoms with van der Waals surface area (Å²) in [4.78, 5) is 6.80. The maximum atomic E-state index is 6.00. The molecule has 1 saturated heterocycles. The lowest BCUT2D eigenvalue weighted by Gasteiger charge is -2.36. The van der Waals surface area contributed by atoms with E-state index in [4.69, 9.17) is 5.73 Å². The quantitative estimate of drug-likeness (QED) is 0.869. The number of aromatic nitrogens is 1. The minimum absolute atomic E-state index is 0.490. The number of hydrogen-bond donors (Lipinski definition) is 1. The van der Waals surface area contributed by atoms with Crippen molar-refractivity contribution in [1.29, 1.82) is 0 Å². The van der Waals surface area contributed by atoms with Crippen molar-refractivity contribution in [3.8, 4) is 0 Å². The van der Waals surface area contributed by atoms with Gasteiger partial charge in [-0.1, -0.05) is 25.8 Å². The van der Waals surface area contributed by atoms with E-state index >= 15 is 0 Å². The fourth-order valence-electron chi connectivity index (χ4n) is 2.68.